The lowest BCUT2D eigenvalue weighted by Gasteiger charge is -2.34. The third-order valence-corrected chi connectivity index (χ3v) is 2.85. The molecule has 1 rings (SSSR count). The third-order valence-electron chi connectivity index (χ3n) is 2.85. The van der Waals surface area contributed by atoms with Gasteiger partial charge in [-0.2, -0.15) is 0 Å². The molecule has 108 valence electrons. The van der Waals surface area contributed by atoms with Gasteiger partial charge in [0.2, 0.25) is 0 Å². The average Bonchev–Trinajstić information content (AvgIpc) is 2.25. The molecular weight excluding hydrogens is 246 g/mol. The Hall–Kier alpha value is -1.36. The molecule has 5 nitrogen and oxygen atoms in total. The van der Waals surface area contributed by atoms with Crippen LogP contribution < -0.4 is 0 Å². The standard InChI is InChI=1S/C14H23NO4/c1-9(2)11-6-10(8-16)15(7-12(11)17)13(18)19-14(3,4)5/h6,9-10,16H,7-8H2,1-5H3/t10-/m0/s1. The summed E-state index contributed by atoms with van der Waals surface area (Å²) in [5.41, 5.74) is 0.0428. The Morgan fingerprint density at radius 2 is 2.11 bits per heavy atom. The first kappa shape index (κ1) is 15.7. The second-order valence-corrected chi connectivity index (χ2v) is 6.06. The predicted molar refractivity (Wildman–Crippen MR) is 71.7 cm³/mol. The van der Waals surface area contributed by atoms with E-state index in [2.05, 4.69) is 0 Å². The zero-order chi connectivity index (χ0) is 14.8. The van der Waals surface area contributed by atoms with E-state index in [4.69, 9.17) is 4.74 Å². The topological polar surface area (TPSA) is 66.8 Å². The van der Waals surface area contributed by atoms with Gasteiger partial charge in [0, 0.05) is 0 Å². The van der Waals surface area contributed by atoms with E-state index >= 15 is 0 Å². The maximum Gasteiger partial charge on any atom is 0.411 e. The summed E-state index contributed by atoms with van der Waals surface area (Å²) >= 11 is 0. The van der Waals surface area contributed by atoms with Crippen molar-refractivity contribution in [2.75, 3.05) is 13.2 Å². The number of rotatable bonds is 2. The number of aliphatic hydroxyl groups is 1. The molecule has 0 saturated carbocycles. The summed E-state index contributed by atoms with van der Waals surface area (Å²) in [6.07, 6.45) is 1.10. The van der Waals surface area contributed by atoms with Gasteiger partial charge < -0.3 is 9.84 Å². The number of hydrogen-bond donors (Lipinski definition) is 1. The lowest BCUT2D eigenvalue weighted by molar-refractivity contribution is -0.118. The fourth-order valence-corrected chi connectivity index (χ4v) is 1.94. The van der Waals surface area contributed by atoms with Crippen LogP contribution in [-0.4, -0.2) is 46.7 Å². The van der Waals surface area contributed by atoms with Gasteiger partial charge >= 0.3 is 6.09 Å². The Morgan fingerprint density at radius 1 is 1.53 bits per heavy atom. The van der Waals surface area contributed by atoms with Crippen LogP contribution in [0.5, 0.6) is 0 Å². The first-order chi connectivity index (χ1) is 8.65. The minimum absolute atomic E-state index is 0.0375. The van der Waals surface area contributed by atoms with Crippen molar-refractivity contribution in [2.45, 2.75) is 46.3 Å². The maximum absolute atomic E-state index is 12.0. The van der Waals surface area contributed by atoms with Crippen LogP contribution in [0.1, 0.15) is 34.6 Å². The van der Waals surface area contributed by atoms with Gasteiger partial charge in [-0.1, -0.05) is 19.9 Å². The lowest BCUT2D eigenvalue weighted by Crippen LogP contribution is -2.50. The van der Waals surface area contributed by atoms with Gasteiger partial charge in [0.15, 0.2) is 5.78 Å². The molecule has 0 aromatic rings. The van der Waals surface area contributed by atoms with E-state index in [1.165, 1.54) is 4.90 Å². The van der Waals surface area contributed by atoms with Crippen molar-refractivity contribution < 1.29 is 19.4 Å². The molecule has 0 unspecified atom stereocenters. The summed E-state index contributed by atoms with van der Waals surface area (Å²) < 4.78 is 5.25. The number of carbonyl (C=O) groups excluding carboxylic acids is 2. The van der Waals surface area contributed by atoms with Crippen LogP contribution in [0.4, 0.5) is 4.79 Å². The van der Waals surface area contributed by atoms with E-state index in [1.807, 2.05) is 13.8 Å². The molecule has 19 heavy (non-hydrogen) atoms. The van der Waals surface area contributed by atoms with E-state index in [0.717, 1.165) is 0 Å². The van der Waals surface area contributed by atoms with E-state index in [0.29, 0.717) is 5.57 Å². The largest absolute Gasteiger partial charge is 0.444 e. The molecule has 1 aliphatic heterocycles. The highest BCUT2D eigenvalue weighted by Crippen LogP contribution is 2.22. The van der Waals surface area contributed by atoms with E-state index in [-0.39, 0.29) is 24.9 Å². The lowest BCUT2D eigenvalue weighted by atomic mass is 9.93. The first-order valence-corrected chi connectivity index (χ1v) is 6.51. The fraction of sp³-hybridized carbons (Fsp3) is 0.714. The quantitative estimate of drug-likeness (QED) is 0.829. The van der Waals surface area contributed by atoms with Crippen molar-refractivity contribution >= 4 is 11.9 Å². The van der Waals surface area contributed by atoms with Gasteiger partial charge in [-0.05, 0) is 32.3 Å². The zero-order valence-electron chi connectivity index (χ0n) is 12.3. The Balaban J connectivity index is 2.92. The normalized spacial score (nSPS) is 20.6. The van der Waals surface area contributed by atoms with Crippen LogP contribution in [0, 0.1) is 5.92 Å². The van der Waals surface area contributed by atoms with E-state index in [9.17, 15) is 14.7 Å². The second-order valence-electron chi connectivity index (χ2n) is 6.06. The maximum atomic E-state index is 12.0. The SMILES string of the molecule is CC(C)C1=C[C@@H](CO)N(C(=O)OC(C)(C)C)CC1=O. The minimum atomic E-state index is -0.623. The molecule has 0 saturated heterocycles. The summed E-state index contributed by atoms with van der Waals surface area (Å²) in [4.78, 5) is 25.3. The van der Waals surface area contributed by atoms with Crippen molar-refractivity contribution in [3.8, 4) is 0 Å². The zero-order valence-corrected chi connectivity index (χ0v) is 12.3. The third kappa shape index (κ3) is 4.06. The summed E-state index contributed by atoms with van der Waals surface area (Å²) in [5.74, 6) is -0.00658. The van der Waals surface area contributed by atoms with Gasteiger partial charge in [0.05, 0.1) is 19.2 Å². The van der Waals surface area contributed by atoms with Crippen molar-refractivity contribution in [2.24, 2.45) is 5.92 Å². The van der Waals surface area contributed by atoms with Gasteiger partial charge in [-0.25, -0.2) is 4.79 Å². The molecule has 1 heterocycles. The van der Waals surface area contributed by atoms with Gasteiger partial charge in [-0.3, -0.25) is 9.69 Å². The van der Waals surface area contributed by atoms with Crippen LogP contribution >= 0.6 is 0 Å². The second kappa shape index (κ2) is 5.74. The smallest absolute Gasteiger partial charge is 0.411 e. The molecule has 0 spiro atoms. The Labute approximate surface area is 114 Å². The summed E-state index contributed by atoms with van der Waals surface area (Å²) in [6, 6.07) is -0.495. The average molecular weight is 269 g/mol. The van der Waals surface area contributed by atoms with Crippen LogP contribution in [0.25, 0.3) is 0 Å². The Kier molecular flexibility index (Phi) is 4.74. The number of ketones is 1. The van der Waals surface area contributed by atoms with Crippen LogP contribution in [0.3, 0.4) is 0 Å². The molecule has 1 aliphatic rings. The number of nitrogens with zero attached hydrogens (tertiary/aromatic N) is 1. The number of carbonyl (C=O) groups is 2. The predicted octanol–water partition coefficient (Wildman–Crippen LogP) is 1.75. The van der Waals surface area contributed by atoms with Crippen molar-refractivity contribution in [1.82, 2.24) is 4.90 Å². The van der Waals surface area contributed by atoms with Gasteiger partial charge in [-0.15, -0.1) is 0 Å². The molecule has 0 aromatic heterocycles. The highest BCUT2D eigenvalue weighted by molar-refractivity contribution is 6.00. The summed E-state index contributed by atoms with van der Waals surface area (Å²) in [6.45, 7) is 8.87. The molecule has 1 N–H and O–H groups in total. The summed E-state index contributed by atoms with van der Waals surface area (Å²) in [7, 11) is 0. The summed E-state index contributed by atoms with van der Waals surface area (Å²) in [5, 5.41) is 9.39. The molecule has 0 aromatic carbocycles. The highest BCUT2D eigenvalue weighted by Gasteiger charge is 2.34. The first-order valence-electron chi connectivity index (χ1n) is 6.51. The van der Waals surface area contributed by atoms with Crippen LogP contribution in [0.2, 0.25) is 0 Å². The number of Topliss-reactive ketones (excluding diaryl/α,β-unsaturated/α-hetero) is 1. The number of ether oxygens (including phenoxy) is 1. The van der Waals surface area contributed by atoms with Crippen LogP contribution in [-0.2, 0) is 9.53 Å². The van der Waals surface area contributed by atoms with Crippen molar-refractivity contribution in [3.05, 3.63) is 11.6 Å². The number of hydrogen-bond acceptors (Lipinski definition) is 4. The Bertz CT molecular complexity index is 393. The minimum Gasteiger partial charge on any atom is -0.444 e. The Morgan fingerprint density at radius 3 is 2.53 bits per heavy atom. The highest BCUT2D eigenvalue weighted by atomic mass is 16.6. The van der Waals surface area contributed by atoms with Gasteiger partial charge in [0.1, 0.15) is 5.60 Å². The number of amides is 1. The molecular formula is C14H23NO4. The van der Waals surface area contributed by atoms with Crippen molar-refractivity contribution in [3.63, 3.8) is 0 Å². The molecule has 0 aliphatic carbocycles. The molecule has 0 fully saturated rings. The number of aliphatic hydroxyl groups excluding tert-OH is 1. The molecule has 1 atom stereocenters. The van der Waals surface area contributed by atoms with Crippen LogP contribution in [0.15, 0.2) is 11.6 Å². The monoisotopic (exact) mass is 269 g/mol. The van der Waals surface area contributed by atoms with E-state index < -0.39 is 17.7 Å². The molecule has 0 bridgehead atoms. The molecule has 5 heteroatoms. The van der Waals surface area contributed by atoms with Crippen molar-refractivity contribution in [1.29, 1.82) is 0 Å². The molecule has 0 radical (unpaired) electrons. The molecule has 1 amide bonds. The van der Waals surface area contributed by atoms with E-state index in [1.54, 1.807) is 26.8 Å². The van der Waals surface area contributed by atoms with Gasteiger partial charge in [0.25, 0.3) is 0 Å². The fourth-order valence-electron chi connectivity index (χ4n) is 1.94.